The van der Waals surface area contributed by atoms with Gasteiger partial charge in [-0.1, -0.05) is 23.1 Å². The normalized spacial score (nSPS) is 30.5. The highest BCUT2D eigenvalue weighted by molar-refractivity contribution is 8.01. The molecule has 0 unspecified atom stereocenters. The summed E-state index contributed by atoms with van der Waals surface area (Å²) in [6.07, 6.45) is 7.59. The molecule has 0 atom stereocenters. The van der Waals surface area contributed by atoms with Crippen molar-refractivity contribution >= 4 is 41.2 Å². The van der Waals surface area contributed by atoms with Gasteiger partial charge in [0, 0.05) is 5.54 Å². The molecule has 6 rings (SSSR count). The molecule has 1 heterocycles. The van der Waals surface area contributed by atoms with E-state index in [1.807, 2.05) is 0 Å². The molecule has 1 N–H and O–H groups in total. The van der Waals surface area contributed by atoms with E-state index >= 15 is 0 Å². The van der Waals surface area contributed by atoms with E-state index < -0.39 is 0 Å². The van der Waals surface area contributed by atoms with E-state index in [0.29, 0.717) is 9.71 Å². The van der Waals surface area contributed by atoms with Gasteiger partial charge < -0.3 is 5.32 Å². The summed E-state index contributed by atoms with van der Waals surface area (Å²) in [6, 6.07) is 6.09. The lowest BCUT2D eigenvalue weighted by Gasteiger charge is -2.56. The number of benzene rings is 1. The van der Waals surface area contributed by atoms with Crippen LogP contribution in [0.2, 0.25) is 0 Å². The van der Waals surface area contributed by atoms with Gasteiger partial charge in [-0.25, -0.2) is 9.07 Å². The van der Waals surface area contributed by atoms with Crippen molar-refractivity contribution in [2.24, 2.45) is 17.8 Å². The van der Waals surface area contributed by atoms with Gasteiger partial charge in [0.25, 0.3) is 0 Å². The number of rotatable bonds is 5. The van der Waals surface area contributed by atoms with Gasteiger partial charge in [-0.15, -0.1) is 5.10 Å². The van der Waals surface area contributed by atoms with Crippen LogP contribution in [0.3, 0.4) is 0 Å². The monoisotopic (exact) mass is 435 g/mol. The third kappa shape index (κ3) is 3.66. The summed E-state index contributed by atoms with van der Waals surface area (Å²) in [5, 5.41) is 7.90. The molecule has 2 aromatic rings. The van der Waals surface area contributed by atoms with Gasteiger partial charge in [-0.05, 0) is 92.8 Å². The number of carbonyl (C=O) groups is 1. The number of carbonyl (C=O) groups excluding carboxylic acids is 1. The van der Waals surface area contributed by atoms with E-state index in [2.05, 4.69) is 10.4 Å². The summed E-state index contributed by atoms with van der Waals surface area (Å²) >= 11 is 8.19. The van der Waals surface area contributed by atoms with Crippen molar-refractivity contribution in [3.63, 3.8) is 0 Å². The van der Waals surface area contributed by atoms with Crippen molar-refractivity contribution in [2.45, 2.75) is 48.4 Å². The third-order valence-corrected chi connectivity index (χ3v) is 8.74. The van der Waals surface area contributed by atoms with E-state index in [9.17, 15) is 9.18 Å². The number of hydrogen-bond acceptors (Lipinski definition) is 5. The minimum Gasteiger partial charge on any atom is -0.350 e. The van der Waals surface area contributed by atoms with Crippen LogP contribution in [0.15, 0.2) is 28.6 Å². The number of aromatic nitrogens is 2. The predicted octanol–water partition coefficient (Wildman–Crippen LogP) is 4.98. The van der Waals surface area contributed by atoms with Crippen molar-refractivity contribution in [3.05, 3.63) is 34.0 Å². The molecule has 0 saturated heterocycles. The molecule has 0 aliphatic heterocycles. The minimum absolute atomic E-state index is 0.0481. The fourth-order valence-electron chi connectivity index (χ4n) is 5.79. The Kier molecular flexibility index (Phi) is 4.83. The summed E-state index contributed by atoms with van der Waals surface area (Å²) < 4.78 is 16.1. The molecule has 0 spiro atoms. The van der Waals surface area contributed by atoms with E-state index in [1.54, 1.807) is 16.8 Å². The first kappa shape index (κ1) is 18.8. The highest BCUT2D eigenvalue weighted by atomic mass is 32.2. The lowest BCUT2D eigenvalue weighted by atomic mass is 9.53. The minimum atomic E-state index is -0.290. The van der Waals surface area contributed by atoms with Crippen molar-refractivity contribution in [2.75, 3.05) is 5.75 Å². The standard InChI is InChI=1S/C20H22FN3OS3/c21-15-1-3-16(4-2-15)24-19(26)28-18(23-24)27-11-17(25)22-20-8-12-5-13(9-20)7-14(6-12)10-20/h1-4,12-14H,5-11H2,(H,22,25). The molecule has 4 aliphatic carbocycles. The fraction of sp³-hybridized carbons (Fsp3) is 0.550. The van der Waals surface area contributed by atoms with Crippen LogP contribution in [0.5, 0.6) is 0 Å². The smallest absolute Gasteiger partial charge is 0.230 e. The molecule has 0 radical (unpaired) electrons. The Labute approximate surface area is 176 Å². The van der Waals surface area contributed by atoms with Crippen LogP contribution >= 0.6 is 35.3 Å². The molecule has 28 heavy (non-hydrogen) atoms. The number of nitrogens with one attached hydrogen (secondary N) is 1. The summed E-state index contributed by atoms with van der Waals surface area (Å²) in [7, 11) is 0. The first-order chi connectivity index (χ1) is 13.5. The second-order valence-corrected chi connectivity index (χ2v) is 11.4. The van der Waals surface area contributed by atoms with Crippen LogP contribution in [-0.2, 0) is 4.79 Å². The summed E-state index contributed by atoms with van der Waals surface area (Å²) in [5.41, 5.74) is 0.777. The molecule has 4 saturated carbocycles. The van der Waals surface area contributed by atoms with Crippen molar-refractivity contribution < 1.29 is 9.18 Å². The molecule has 1 aromatic carbocycles. The van der Waals surface area contributed by atoms with E-state index in [1.165, 1.54) is 54.5 Å². The first-order valence-electron chi connectivity index (χ1n) is 9.78. The van der Waals surface area contributed by atoms with Crippen LogP contribution in [0.25, 0.3) is 5.69 Å². The average molecular weight is 436 g/mol. The van der Waals surface area contributed by atoms with Crippen LogP contribution in [0.1, 0.15) is 38.5 Å². The number of nitrogens with zero attached hydrogens (tertiary/aromatic N) is 2. The molecule has 1 amide bonds. The predicted molar refractivity (Wildman–Crippen MR) is 112 cm³/mol. The molecule has 148 valence electrons. The number of hydrogen-bond donors (Lipinski definition) is 1. The topological polar surface area (TPSA) is 46.9 Å². The lowest BCUT2D eigenvalue weighted by molar-refractivity contribution is -0.124. The maximum absolute atomic E-state index is 13.1. The van der Waals surface area contributed by atoms with E-state index in [-0.39, 0.29) is 17.3 Å². The second kappa shape index (κ2) is 7.22. The van der Waals surface area contributed by atoms with Crippen molar-refractivity contribution in [1.82, 2.24) is 15.1 Å². The second-order valence-electron chi connectivity index (χ2n) is 8.56. The fourth-order valence-corrected chi connectivity index (χ4v) is 7.95. The Morgan fingerprint density at radius 1 is 1.21 bits per heavy atom. The highest BCUT2D eigenvalue weighted by Gasteiger charge is 2.51. The van der Waals surface area contributed by atoms with Crippen LogP contribution in [0, 0.1) is 27.5 Å². The van der Waals surface area contributed by atoms with Crippen LogP contribution in [-0.4, -0.2) is 27.0 Å². The maximum atomic E-state index is 13.1. The lowest BCUT2D eigenvalue weighted by Crippen LogP contribution is -2.60. The molecule has 8 heteroatoms. The largest absolute Gasteiger partial charge is 0.350 e. The van der Waals surface area contributed by atoms with E-state index in [4.69, 9.17) is 12.2 Å². The van der Waals surface area contributed by atoms with Gasteiger partial charge in [-0.2, -0.15) is 0 Å². The van der Waals surface area contributed by atoms with Crippen molar-refractivity contribution in [3.8, 4) is 5.69 Å². The molecule has 4 aliphatic rings. The molecule has 4 fully saturated rings. The van der Waals surface area contributed by atoms with E-state index in [0.717, 1.165) is 47.0 Å². The molecule has 4 nitrogen and oxygen atoms in total. The first-order valence-corrected chi connectivity index (χ1v) is 12.0. The Bertz CT molecular complexity index is 917. The molecule has 1 aromatic heterocycles. The Balaban J connectivity index is 1.22. The number of thioether (sulfide) groups is 1. The molecular weight excluding hydrogens is 413 g/mol. The zero-order valence-electron chi connectivity index (χ0n) is 15.4. The van der Waals surface area contributed by atoms with Crippen molar-refractivity contribution in [1.29, 1.82) is 0 Å². The molecule has 4 bridgehead atoms. The van der Waals surface area contributed by atoms with Gasteiger partial charge >= 0.3 is 0 Å². The van der Waals surface area contributed by atoms with Gasteiger partial charge in [0.1, 0.15) is 5.82 Å². The summed E-state index contributed by atoms with van der Waals surface area (Å²) in [4.78, 5) is 12.7. The Hall–Kier alpha value is -1.25. The zero-order chi connectivity index (χ0) is 19.3. The molecular formula is C20H22FN3OS3. The average Bonchev–Trinajstić information content (AvgIpc) is 3.00. The van der Waals surface area contributed by atoms with Gasteiger partial charge in [0.2, 0.25) is 5.91 Å². The SMILES string of the molecule is O=C(CSc1nn(-c2ccc(F)cc2)c(=S)s1)NC12CC3CC(CC(C3)C1)C2. The Morgan fingerprint density at radius 2 is 1.82 bits per heavy atom. The quantitative estimate of drug-likeness (QED) is 0.532. The number of halogens is 1. The third-order valence-electron chi connectivity index (χ3n) is 6.37. The van der Waals surface area contributed by atoms with Gasteiger partial charge in [0.05, 0.1) is 11.4 Å². The Morgan fingerprint density at radius 3 is 2.43 bits per heavy atom. The maximum Gasteiger partial charge on any atom is 0.230 e. The van der Waals surface area contributed by atoms with Crippen LogP contribution < -0.4 is 5.32 Å². The number of amides is 1. The summed E-state index contributed by atoms with van der Waals surface area (Å²) in [6.45, 7) is 0. The van der Waals surface area contributed by atoms with Gasteiger partial charge in [0.15, 0.2) is 8.29 Å². The highest BCUT2D eigenvalue weighted by Crippen LogP contribution is 2.55. The van der Waals surface area contributed by atoms with Gasteiger partial charge in [-0.3, -0.25) is 4.79 Å². The summed E-state index contributed by atoms with van der Waals surface area (Å²) in [5.74, 6) is 2.61. The van der Waals surface area contributed by atoms with Crippen LogP contribution in [0.4, 0.5) is 4.39 Å². The zero-order valence-corrected chi connectivity index (χ0v) is 17.8.